The van der Waals surface area contributed by atoms with Crippen molar-refractivity contribution in [3.8, 4) is 0 Å². The Balaban J connectivity index is 2.31. The lowest BCUT2D eigenvalue weighted by atomic mass is 9.90. The normalized spacial score (nSPS) is 17.1. The summed E-state index contributed by atoms with van der Waals surface area (Å²) < 4.78 is 5.48. The number of oxime groups is 1. The third-order valence-corrected chi connectivity index (χ3v) is 4.84. The summed E-state index contributed by atoms with van der Waals surface area (Å²) in [5.74, 6) is 0. The van der Waals surface area contributed by atoms with Gasteiger partial charge in [-0.25, -0.2) is 0 Å². The van der Waals surface area contributed by atoms with Gasteiger partial charge in [-0.05, 0) is 32.2 Å². The van der Waals surface area contributed by atoms with Gasteiger partial charge in [0.2, 0.25) is 0 Å². The molecule has 0 atom stereocenters. The van der Waals surface area contributed by atoms with Gasteiger partial charge in [0.25, 0.3) is 0 Å². The van der Waals surface area contributed by atoms with Crippen LogP contribution in [0, 0.1) is 0 Å². The molecule has 0 spiro atoms. The number of thioether (sulfide) groups is 1. The Labute approximate surface area is 143 Å². The second kappa shape index (κ2) is 8.52. The molecule has 0 N–H and O–H groups in total. The highest BCUT2D eigenvalue weighted by Crippen LogP contribution is 2.24. The van der Waals surface area contributed by atoms with Crippen molar-refractivity contribution in [2.75, 3.05) is 39.2 Å². The van der Waals surface area contributed by atoms with Gasteiger partial charge in [0.1, 0.15) is 12.3 Å². The van der Waals surface area contributed by atoms with Gasteiger partial charge in [-0.2, -0.15) is 0 Å². The highest BCUT2D eigenvalue weighted by atomic mass is 32.2. The molecule has 0 radical (unpaired) electrons. The van der Waals surface area contributed by atoms with Gasteiger partial charge in [-0.1, -0.05) is 29.9 Å². The molecule has 1 fully saturated rings. The zero-order valence-electron chi connectivity index (χ0n) is 14.2. The molecule has 0 unspecified atom stereocenters. The van der Waals surface area contributed by atoms with Gasteiger partial charge in [0.15, 0.2) is 0 Å². The predicted octanol–water partition coefficient (Wildman–Crippen LogP) is 3.43. The van der Waals surface area contributed by atoms with E-state index >= 15 is 0 Å². The van der Waals surface area contributed by atoms with Gasteiger partial charge < -0.3 is 9.57 Å². The second-order valence-electron chi connectivity index (χ2n) is 5.91. The van der Waals surface area contributed by atoms with Crippen LogP contribution < -0.4 is 0 Å². The topological polar surface area (TPSA) is 34.1 Å². The first-order valence-electron chi connectivity index (χ1n) is 7.88. The van der Waals surface area contributed by atoms with E-state index in [0.29, 0.717) is 6.61 Å². The molecule has 1 aromatic rings. The van der Waals surface area contributed by atoms with E-state index in [9.17, 15) is 0 Å². The fraction of sp³-hybridized carbons (Fsp3) is 0.500. The molecule has 23 heavy (non-hydrogen) atoms. The largest absolute Gasteiger partial charge is 0.391 e. The Bertz CT molecular complexity index is 534. The van der Waals surface area contributed by atoms with Crippen molar-refractivity contribution in [1.82, 2.24) is 4.90 Å². The van der Waals surface area contributed by atoms with Crippen LogP contribution in [0.1, 0.15) is 19.4 Å². The van der Waals surface area contributed by atoms with Crippen molar-refractivity contribution >= 4 is 17.5 Å². The highest BCUT2D eigenvalue weighted by molar-refractivity contribution is 7.98. The van der Waals surface area contributed by atoms with E-state index in [-0.39, 0.29) is 5.54 Å². The quantitative estimate of drug-likeness (QED) is 0.252. The van der Waals surface area contributed by atoms with Crippen LogP contribution >= 0.6 is 11.8 Å². The molecular weight excluding hydrogens is 308 g/mol. The highest BCUT2D eigenvalue weighted by Gasteiger charge is 2.35. The molecular formula is C18H26N2O2S. The van der Waals surface area contributed by atoms with E-state index in [4.69, 9.17) is 9.57 Å². The summed E-state index contributed by atoms with van der Waals surface area (Å²) in [6.07, 6.45) is 3.79. The molecule has 0 bridgehead atoms. The maximum Gasteiger partial charge on any atom is 0.135 e. The van der Waals surface area contributed by atoms with E-state index in [0.717, 1.165) is 37.6 Å². The standard InChI is InChI=1S/C18H26N2O2S/c1-5-12-22-19-17(15-6-8-16(23-4)9-7-15)18(2,3)20-10-13-21-14-11-20/h5-9H,1,10-14H2,2-4H3. The zero-order valence-corrected chi connectivity index (χ0v) is 15.1. The van der Waals surface area contributed by atoms with Crippen LogP contribution in [-0.4, -0.2) is 55.3 Å². The number of benzene rings is 1. The van der Waals surface area contributed by atoms with E-state index in [1.165, 1.54) is 4.90 Å². The van der Waals surface area contributed by atoms with E-state index in [1.807, 2.05) is 0 Å². The second-order valence-corrected chi connectivity index (χ2v) is 6.79. The van der Waals surface area contributed by atoms with Crippen molar-refractivity contribution in [2.45, 2.75) is 24.3 Å². The average molecular weight is 334 g/mol. The fourth-order valence-electron chi connectivity index (χ4n) is 2.69. The van der Waals surface area contributed by atoms with Gasteiger partial charge >= 0.3 is 0 Å². The lowest BCUT2D eigenvalue weighted by molar-refractivity contribution is 0.00902. The Kier molecular flexibility index (Phi) is 6.69. The van der Waals surface area contributed by atoms with Crippen molar-refractivity contribution in [3.05, 3.63) is 42.5 Å². The van der Waals surface area contributed by atoms with Gasteiger partial charge in [-0.3, -0.25) is 4.90 Å². The lowest BCUT2D eigenvalue weighted by Crippen LogP contribution is -2.54. The molecule has 5 heteroatoms. The first kappa shape index (κ1) is 18.0. The van der Waals surface area contributed by atoms with Crippen LogP contribution in [-0.2, 0) is 9.57 Å². The molecule has 1 aliphatic heterocycles. The molecule has 2 rings (SSSR count). The fourth-order valence-corrected chi connectivity index (χ4v) is 3.10. The minimum atomic E-state index is -0.230. The average Bonchev–Trinajstić information content (AvgIpc) is 2.59. The summed E-state index contributed by atoms with van der Waals surface area (Å²) in [7, 11) is 0. The Hall–Kier alpha value is -1.30. The minimum Gasteiger partial charge on any atom is -0.391 e. The van der Waals surface area contributed by atoms with Crippen LogP contribution in [0.2, 0.25) is 0 Å². The van der Waals surface area contributed by atoms with Crippen molar-refractivity contribution in [1.29, 1.82) is 0 Å². The van der Waals surface area contributed by atoms with Crippen molar-refractivity contribution in [2.24, 2.45) is 5.16 Å². The number of ether oxygens (including phenoxy) is 1. The van der Waals surface area contributed by atoms with Crippen LogP contribution in [0.4, 0.5) is 0 Å². The molecule has 126 valence electrons. The number of rotatable bonds is 7. The maximum absolute atomic E-state index is 5.48. The SMILES string of the molecule is C=CCON=C(c1ccc(SC)cc1)C(C)(C)N1CCOCC1. The molecule has 1 aromatic carbocycles. The van der Waals surface area contributed by atoms with E-state index < -0.39 is 0 Å². The first-order chi connectivity index (χ1) is 11.1. The van der Waals surface area contributed by atoms with E-state index in [1.54, 1.807) is 17.8 Å². The van der Waals surface area contributed by atoms with Gasteiger partial charge in [-0.15, -0.1) is 11.8 Å². The van der Waals surface area contributed by atoms with Crippen molar-refractivity contribution < 1.29 is 9.57 Å². The molecule has 1 aliphatic rings. The smallest absolute Gasteiger partial charge is 0.135 e. The number of morpholine rings is 1. The molecule has 1 saturated heterocycles. The predicted molar refractivity (Wildman–Crippen MR) is 97.4 cm³/mol. The number of nitrogens with zero attached hydrogens (tertiary/aromatic N) is 2. The van der Waals surface area contributed by atoms with E-state index in [2.05, 4.69) is 61.0 Å². The molecule has 1 heterocycles. The van der Waals surface area contributed by atoms with Gasteiger partial charge in [0, 0.05) is 23.5 Å². The monoisotopic (exact) mass is 334 g/mol. The Morgan fingerprint density at radius 2 is 2.00 bits per heavy atom. The Morgan fingerprint density at radius 3 is 2.57 bits per heavy atom. The number of hydrogen-bond donors (Lipinski definition) is 0. The summed E-state index contributed by atoms with van der Waals surface area (Å²) in [6.45, 7) is 11.8. The molecule has 0 aromatic heterocycles. The minimum absolute atomic E-state index is 0.230. The Morgan fingerprint density at radius 1 is 1.35 bits per heavy atom. The molecule has 0 amide bonds. The van der Waals surface area contributed by atoms with Crippen molar-refractivity contribution in [3.63, 3.8) is 0 Å². The number of hydrogen-bond acceptors (Lipinski definition) is 5. The molecule has 0 saturated carbocycles. The summed E-state index contributed by atoms with van der Waals surface area (Å²) in [5.41, 5.74) is 1.79. The first-order valence-corrected chi connectivity index (χ1v) is 9.10. The van der Waals surface area contributed by atoms with Crippen LogP contribution in [0.15, 0.2) is 47.0 Å². The third-order valence-electron chi connectivity index (χ3n) is 4.09. The summed E-state index contributed by atoms with van der Waals surface area (Å²) in [6, 6.07) is 8.48. The molecule has 4 nitrogen and oxygen atoms in total. The summed E-state index contributed by atoms with van der Waals surface area (Å²) in [4.78, 5) is 9.08. The van der Waals surface area contributed by atoms with Gasteiger partial charge in [0.05, 0.1) is 18.8 Å². The maximum atomic E-state index is 5.48. The molecule has 0 aliphatic carbocycles. The zero-order chi connectivity index (χ0) is 16.7. The van der Waals surface area contributed by atoms with Crippen LogP contribution in [0.25, 0.3) is 0 Å². The summed E-state index contributed by atoms with van der Waals surface area (Å²) in [5, 5.41) is 4.44. The summed E-state index contributed by atoms with van der Waals surface area (Å²) >= 11 is 1.73. The lowest BCUT2D eigenvalue weighted by Gasteiger charge is -2.41. The third kappa shape index (κ3) is 4.59. The van der Waals surface area contributed by atoms with Crippen LogP contribution in [0.5, 0.6) is 0 Å². The van der Waals surface area contributed by atoms with Crippen LogP contribution in [0.3, 0.4) is 0 Å².